The summed E-state index contributed by atoms with van der Waals surface area (Å²) in [6.45, 7) is 2.34. The predicted molar refractivity (Wildman–Crippen MR) is 92.7 cm³/mol. The zero-order chi connectivity index (χ0) is 16.8. The third-order valence-electron chi connectivity index (χ3n) is 4.23. The first kappa shape index (κ1) is 16.4. The number of hydrogen-bond acceptors (Lipinski definition) is 5. The summed E-state index contributed by atoms with van der Waals surface area (Å²) < 4.78 is 0. The van der Waals surface area contributed by atoms with Crippen molar-refractivity contribution in [3.05, 3.63) is 47.5 Å². The average Bonchev–Trinajstić information content (AvgIpc) is 2.61. The Bertz CT molecular complexity index is 683. The number of carbonyl (C=O) groups is 1. The highest BCUT2D eigenvalue weighted by Gasteiger charge is 2.16. The number of nitrogens with zero attached hydrogens (tertiary/aromatic N) is 3. The molecule has 0 bridgehead atoms. The van der Waals surface area contributed by atoms with Crippen LogP contribution < -0.4 is 10.6 Å². The number of aryl methyl sites for hydroxylation is 1. The molecule has 2 N–H and O–H groups in total. The van der Waals surface area contributed by atoms with Crippen LogP contribution in [0, 0.1) is 6.92 Å². The Labute approximate surface area is 142 Å². The topological polar surface area (TPSA) is 79.8 Å². The molecule has 2 aromatic rings. The molecule has 0 aromatic carbocycles. The first-order chi connectivity index (χ1) is 11.7. The van der Waals surface area contributed by atoms with Gasteiger partial charge in [-0.1, -0.05) is 19.3 Å². The van der Waals surface area contributed by atoms with Crippen molar-refractivity contribution in [2.75, 3.05) is 5.32 Å². The van der Waals surface area contributed by atoms with E-state index in [9.17, 15) is 4.79 Å². The van der Waals surface area contributed by atoms with Gasteiger partial charge in [0.15, 0.2) is 0 Å². The van der Waals surface area contributed by atoms with Crippen LogP contribution in [0.15, 0.2) is 30.6 Å². The molecule has 0 aliphatic heterocycles. The zero-order valence-electron chi connectivity index (χ0n) is 14.0. The van der Waals surface area contributed by atoms with Gasteiger partial charge in [0.25, 0.3) is 5.91 Å². The van der Waals surface area contributed by atoms with Crippen LogP contribution in [0.4, 0.5) is 5.95 Å². The Morgan fingerprint density at radius 3 is 2.67 bits per heavy atom. The number of anilines is 1. The third-order valence-corrected chi connectivity index (χ3v) is 4.23. The van der Waals surface area contributed by atoms with E-state index < -0.39 is 0 Å². The molecule has 24 heavy (non-hydrogen) atoms. The zero-order valence-corrected chi connectivity index (χ0v) is 14.0. The summed E-state index contributed by atoms with van der Waals surface area (Å²) in [5.74, 6) is 0.361. The van der Waals surface area contributed by atoms with Crippen LogP contribution in [0.1, 0.15) is 53.8 Å². The lowest BCUT2D eigenvalue weighted by Gasteiger charge is -2.23. The lowest BCUT2D eigenvalue weighted by molar-refractivity contribution is 0.0945. The van der Waals surface area contributed by atoms with Crippen LogP contribution in [0.5, 0.6) is 0 Å². The van der Waals surface area contributed by atoms with E-state index in [2.05, 4.69) is 25.6 Å². The Kier molecular flexibility index (Phi) is 5.36. The highest BCUT2D eigenvalue weighted by Crippen LogP contribution is 2.20. The number of aromatic nitrogens is 3. The second-order valence-electron chi connectivity index (χ2n) is 6.24. The fourth-order valence-electron chi connectivity index (χ4n) is 2.95. The molecule has 1 aliphatic rings. The Morgan fingerprint density at radius 2 is 1.92 bits per heavy atom. The molecule has 0 spiro atoms. The van der Waals surface area contributed by atoms with E-state index in [1.54, 1.807) is 18.5 Å². The van der Waals surface area contributed by atoms with Crippen LogP contribution in [-0.4, -0.2) is 26.9 Å². The molecule has 1 aliphatic carbocycles. The third kappa shape index (κ3) is 4.50. The van der Waals surface area contributed by atoms with E-state index in [-0.39, 0.29) is 5.91 Å². The minimum atomic E-state index is -0.191. The molecule has 1 amide bonds. The van der Waals surface area contributed by atoms with Gasteiger partial charge in [0.1, 0.15) is 5.69 Å². The smallest absolute Gasteiger partial charge is 0.270 e. The molecule has 6 heteroatoms. The average molecular weight is 325 g/mol. The van der Waals surface area contributed by atoms with Crippen LogP contribution in [0.2, 0.25) is 0 Å². The first-order valence-electron chi connectivity index (χ1n) is 8.50. The number of carbonyl (C=O) groups excluding carboxylic acids is 1. The quantitative estimate of drug-likeness (QED) is 0.883. The Morgan fingerprint density at radius 1 is 1.17 bits per heavy atom. The number of pyridine rings is 1. The van der Waals surface area contributed by atoms with Crippen LogP contribution >= 0.6 is 0 Å². The lowest BCUT2D eigenvalue weighted by atomic mass is 9.96. The van der Waals surface area contributed by atoms with Gasteiger partial charge in [-0.15, -0.1) is 0 Å². The van der Waals surface area contributed by atoms with Crippen molar-refractivity contribution in [3.63, 3.8) is 0 Å². The van der Waals surface area contributed by atoms with Crippen LogP contribution in [0.25, 0.3) is 0 Å². The second-order valence-corrected chi connectivity index (χ2v) is 6.24. The molecule has 0 atom stereocenters. The Hall–Kier alpha value is -2.50. The van der Waals surface area contributed by atoms with Crippen LogP contribution in [-0.2, 0) is 6.54 Å². The molecular weight excluding hydrogens is 302 g/mol. The van der Waals surface area contributed by atoms with Crippen molar-refractivity contribution in [3.8, 4) is 0 Å². The summed E-state index contributed by atoms with van der Waals surface area (Å²) in [6.07, 6.45) is 9.48. The number of hydrogen-bond donors (Lipinski definition) is 2. The highest BCUT2D eigenvalue weighted by atomic mass is 16.1. The maximum atomic E-state index is 12.4. The van der Waals surface area contributed by atoms with Crippen molar-refractivity contribution in [1.29, 1.82) is 0 Å². The van der Waals surface area contributed by atoms with E-state index >= 15 is 0 Å². The maximum Gasteiger partial charge on any atom is 0.270 e. The summed E-state index contributed by atoms with van der Waals surface area (Å²) in [4.78, 5) is 25.1. The summed E-state index contributed by atoms with van der Waals surface area (Å²) >= 11 is 0. The van der Waals surface area contributed by atoms with Gasteiger partial charge in [-0.25, -0.2) is 9.97 Å². The normalized spacial score (nSPS) is 15.0. The number of rotatable bonds is 5. The van der Waals surface area contributed by atoms with E-state index in [1.807, 2.05) is 19.1 Å². The van der Waals surface area contributed by atoms with Gasteiger partial charge < -0.3 is 10.6 Å². The SMILES string of the molecule is Cc1cc(C(=O)NCc2ccncc2)nc(NC2CCCCC2)n1. The van der Waals surface area contributed by atoms with Gasteiger partial charge in [-0.05, 0) is 43.5 Å². The van der Waals surface area contributed by atoms with E-state index in [1.165, 1.54) is 19.3 Å². The molecule has 3 rings (SSSR count). The van der Waals surface area contributed by atoms with Crippen molar-refractivity contribution >= 4 is 11.9 Å². The standard InChI is InChI=1S/C18H23N5O/c1-13-11-16(17(24)20-12-14-7-9-19-10-8-14)23-18(21-13)22-15-5-3-2-4-6-15/h7-11,15H,2-6,12H2,1H3,(H,20,24)(H,21,22,23). The molecule has 0 unspecified atom stereocenters. The molecule has 0 saturated heterocycles. The molecule has 1 saturated carbocycles. The molecule has 6 nitrogen and oxygen atoms in total. The van der Waals surface area contributed by atoms with Gasteiger partial charge >= 0.3 is 0 Å². The Balaban J connectivity index is 1.64. The van der Waals surface area contributed by atoms with Crippen molar-refractivity contribution in [2.24, 2.45) is 0 Å². The van der Waals surface area contributed by atoms with Crippen molar-refractivity contribution < 1.29 is 4.79 Å². The van der Waals surface area contributed by atoms with Crippen molar-refractivity contribution in [1.82, 2.24) is 20.3 Å². The predicted octanol–water partition coefficient (Wildman–Crippen LogP) is 2.85. The summed E-state index contributed by atoms with van der Waals surface area (Å²) in [5.41, 5.74) is 2.19. The molecule has 126 valence electrons. The number of nitrogens with one attached hydrogen (secondary N) is 2. The molecular formula is C18H23N5O. The highest BCUT2D eigenvalue weighted by molar-refractivity contribution is 5.92. The second kappa shape index (κ2) is 7.86. The largest absolute Gasteiger partial charge is 0.351 e. The molecule has 2 aromatic heterocycles. The summed E-state index contributed by atoms with van der Waals surface area (Å²) in [6, 6.07) is 5.88. The maximum absolute atomic E-state index is 12.4. The van der Waals surface area contributed by atoms with Gasteiger partial charge in [-0.3, -0.25) is 9.78 Å². The van der Waals surface area contributed by atoms with Crippen LogP contribution in [0.3, 0.4) is 0 Å². The fourth-order valence-corrected chi connectivity index (χ4v) is 2.95. The monoisotopic (exact) mass is 325 g/mol. The van der Waals surface area contributed by atoms with E-state index in [0.29, 0.717) is 24.2 Å². The lowest BCUT2D eigenvalue weighted by Crippen LogP contribution is -2.27. The number of amides is 1. The summed E-state index contributed by atoms with van der Waals surface area (Å²) in [7, 11) is 0. The fraction of sp³-hybridized carbons (Fsp3) is 0.444. The minimum Gasteiger partial charge on any atom is -0.351 e. The van der Waals surface area contributed by atoms with Gasteiger partial charge in [0.2, 0.25) is 5.95 Å². The molecule has 1 fully saturated rings. The van der Waals surface area contributed by atoms with Gasteiger partial charge in [0, 0.05) is 30.7 Å². The van der Waals surface area contributed by atoms with Gasteiger partial charge in [-0.2, -0.15) is 0 Å². The summed E-state index contributed by atoms with van der Waals surface area (Å²) in [5, 5.41) is 6.27. The van der Waals surface area contributed by atoms with E-state index in [4.69, 9.17) is 0 Å². The molecule has 0 radical (unpaired) electrons. The van der Waals surface area contributed by atoms with Gasteiger partial charge in [0.05, 0.1) is 0 Å². The van der Waals surface area contributed by atoms with E-state index in [0.717, 1.165) is 24.1 Å². The van der Waals surface area contributed by atoms with Crippen molar-refractivity contribution in [2.45, 2.75) is 51.6 Å². The molecule has 2 heterocycles. The first-order valence-corrected chi connectivity index (χ1v) is 8.50. The minimum absolute atomic E-state index is 0.191.